The van der Waals surface area contributed by atoms with Crippen LogP contribution in [-0.2, 0) is 0 Å². The number of fused-ring (bicyclic) bond motifs is 1. The molecule has 0 saturated heterocycles. The lowest BCUT2D eigenvalue weighted by molar-refractivity contribution is -0.0498. The highest BCUT2D eigenvalue weighted by Gasteiger charge is 2.19. The molecule has 0 fully saturated rings. The second kappa shape index (κ2) is 7.19. The number of para-hydroxylation sites is 1. The van der Waals surface area contributed by atoms with Crippen molar-refractivity contribution in [2.75, 3.05) is 0 Å². The van der Waals surface area contributed by atoms with Gasteiger partial charge in [-0.2, -0.15) is 14.0 Å². The predicted molar refractivity (Wildman–Crippen MR) is 94.0 cm³/mol. The predicted octanol–water partition coefficient (Wildman–Crippen LogP) is 4.87. The van der Waals surface area contributed by atoms with E-state index in [1.165, 1.54) is 30.3 Å². The second-order valence-electron chi connectivity index (χ2n) is 5.62. The summed E-state index contributed by atoms with van der Waals surface area (Å²) in [6.07, 6.45) is 1.43. The number of carbonyl (C=O) groups is 1. The molecule has 4 nitrogen and oxygen atoms in total. The first kappa shape index (κ1) is 17.4. The van der Waals surface area contributed by atoms with E-state index in [0.717, 1.165) is 10.9 Å². The van der Waals surface area contributed by atoms with Crippen molar-refractivity contribution in [3.63, 3.8) is 0 Å². The van der Waals surface area contributed by atoms with E-state index in [1.807, 2.05) is 30.3 Å². The van der Waals surface area contributed by atoms with Gasteiger partial charge in [-0.3, -0.25) is 4.79 Å². The first-order chi connectivity index (χ1) is 12.5. The molecular weight excluding hydrogens is 338 g/mol. The van der Waals surface area contributed by atoms with Crippen LogP contribution in [0.2, 0.25) is 0 Å². The number of rotatable bonds is 5. The van der Waals surface area contributed by atoms with Crippen LogP contribution in [0.3, 0.4) is 0 Å². The Morgan fingerprint density at radius 1 is 1.19 bits per heavy atom. The fourth-order valence-corrected chi connectivity index (χ4v) is 2.76. The zero-order chi connectivity index (χ0) is 18.7. The smallest absolute Gasteiger partial charge is 0.387 e. The van der Waals surface area contributed by atoms with E-state index in [1.54, 1.807) is 6.92 Å². The minimum atomic E-state index is -2.91. The van der Waals surface area contributed by atoms with E-state index >= 15 is 0 Å². The second-order valence-corrected chi connectivity index (χ2v) is 5.62. The molecule has 0 aliphatic rings. The molecule has 0 aliphatic carbocycles. The van der Waals surface area contributed by atoms with Crippen LogP contribution in [0.25, 0.3) is 17.0 Å². The Hall–Kier alpha value is -3.46. The number of aromatic nitrogens is 1. The maximum atomic E-state index is 12.9. The Morgan fingerprint density at radius 3 is 2.54 bits per heavy atom. The number of hydrogen-bond acceptors (Lipinski definition) is 3. The number of benzene rings is 2. The number of aryl methyl sites for hydroxylation is 1. The van der Waals surface area contributed by atoms with Crippen LogP contribution in [0.4, 0.5) is 8.78 Å². The van der Waals surface area contributed by atoms with Crippen LogP contribution in [-0.4, -0.2) is 17.4 Å². The Morgan fingerprint density at radius 2 is 1.88 bits per heavy atom. The molecule has 0 bridgehead atoms. The van der Waals surface area contributed by atoms with Gasteiger partial charge in [0.15, 0.2) is 0 Å². The molecule has 0 aliphatic heterocycles. The standard InChI is InChI=1S/C20H14F2N2O2/c1-12-18(16-4-2-3-5-17(16)24-12)19(25)14(11-23)10-13-6-8-15(9-7-13)26-20(21)22/h2-10,20,24H,1H3/b14-10-. The lowest BCUT2D eigenvalue weighted by Gasteiger charge is -2.04. The zero-order valence-electron chi connectivity index (χ0n) is 13.8. The zero-order valence-corrected chi connectivity index (χ0v) is 13.8. The Balaban J connectivity index is 1.95. The van der Waals surface area contributed by atoms with Gasteiger partial charge in [-0.05, 0) is 36.8 Å². The summed E-state index contributed by atoms with van der Waals surface area (Å²) in [5.41, 5.74) is 2.44. The minimum absolute atomic E-state index is 0.00876. The van der Waals surface area contributed by atoms with Crippen molar-refractivity contribution in [1.29, 1.82) is 5.26 Å². The SMILES string of the molecule is Cc1[nH]c2ccccc2c1C(=O)/C(C#N)=C\c1ccc(OC(F)F)cc1. The van der Waals surface area contributed by atoms with Gasteiger partial charge in [-0.15, -0.1) is 0 Å². The molecule has 0 saturated carbocycles. The molecule has 1 N–H and O–H groups in total. The maximum Gasteiger partial charge on any atom is 0.387 e. The van der Waals surface area contributed by atoms with Gasteiger partial charge in [0.25, 0.3) is 0 Å². The summed E-state index contributed by atoms with van der Waals surface area (Å²) in [5.74, 6) is -0.384. The van der Waals surface area contributed by atoms with Crippen LogP contribution >= 0.6 is 0 Å². The first-order valence-corrected chi connectivity index (χ1v) is 7.78. The summed E-state index contributed by atoms with van der Waals surface area (Å²) in [5, 5.41) is 10.2. The normalized spacial score (nSPS) is 11.6. The number of ether oxygens (including phenoxy) is 1. The van der Waals surface area contributed by atoms with Gasteiger partial charge < -0.3 is 9.72 Å². The number of nitriles is 1. The van der Waals surface area contributed by atoms with E-state index in [2.05, 4.69) is 9.72 Å². The largest absolute Gasteiger partial charge is 0.435 e. The van der Waals surface area contributed by atoms with Crippen LogP contribution in [0.5, 0.6) is 5.75 Å². The van der Waals surface area contributed by atoms with Gasteiger partial charge >= 0.3 is 6.61 Å². The van der Waals surface area contributed by atoms with E-state index in [-0.39, 0.29) is 11.3 Å². The van der Waals surface area contributed by atoms with Gasteiger partial charge in [0, 0.05) is 16.6 Å². The molecule has 3 rings (SSSR count). The number of alkyl halides is 2. The topological polar surface area (TPSA) is 65.9 Å². The molecule has 0 unspecified atom stereocenters. The van der Waals surface area contributed by atoms with Crippen LogP contribution in [0.15, 0.2) is 54.1 Å². The number of carbonyl (C=O) groups excluding carboxylic acids is 1. The molecule has 6 heteroatoms. The number of ketones is 1. The molecule has 2 aromatic carbocycles. The number of nitrogens with one attached hydrogen (secondary N) is 1. The molecule has 1 aromatic heterocycles. The van der Waals surface area contributed by atoms with E-state index in [4.69, 9.17) is 0 Å². The number of hydrogen-bond donors (Lipinski definition) is 1. The van der Waals surface area contributed by atoms with Gasteiger partial charge in [0.1, 0.15) is 17.4 Å². The van der Waals surface area contributed by atoms with Crippen molar-refractivity contribution in [2.24, 2.45) is 0 Å². The summed E-state index contributed by atoms with van der Waals surface area (Å²) in [6.45, 7) is -1.13. The average molecular weight is 352 g/mol. The summed E-state index contributed by atoms with van der Waals surface area (Å²) < 4.78 is 28.7. The maximum absolute atomic E-state index is 12.9. The third kappa shape index (κ3) is 3.47. The highest BCUT2D eigenvalue weighted by atomic mass is 19.3. The summed E-state index contributed by atoms with van der Waals surface area (Å²) >= 11 is 0. The van der Waals surface area contributed by atoms with E-state index < -0.39 is 12.4 Å². The van der Waals surface area contributed by atoms with Crippen molar-refractivity contribution >= 4 is 22.8 Å². The first-order valence-electron chi connectivity index (χ1n) is 7.78. The van der Waals surface area contributed by atoms with Gasteiger partial charge in [-0.1, -0.05) is 30.3 Å². The third-order valence-corrected chi connectivity index (χ3v) is 3.90. The van der Waals surface area contributed by atoms with Crippen molar-refractivity contribution < 1.29 is 18.3 Å². The van der Waals surface area contributed by atoms with Crippen molar-refractivity contribution in [2.45, 2.75) is 13.5 Å². The Kier molecular flexibility index (Phi) is 4.81. The fourth-order valence-electron chi connectivity index (χ4n) is 2.76. The molecule has 26 heavy (non-hydrogen) atoms. The average Bonchev–Trinajstić information content (AvgIpc) is 2.95. The summed E-state index contributed by atoms with van der Waals surface area (Å²) in [7, 11) is 0. The Labute approximate surface area is 148 Å². The molecule has 1 heterocycles. The Bertz CT molecular complexity index is 1030. The van der Waals surface area contributed by atoms with E-state index in [0.29, 0.717) is 16.8 Å². The van der Waals surface area contributed by atoms with Gasteiger partial charge in [0.2, 0.25) is 5.78 Å². The lowest BCUT2D eigenvalue weighted by Crippen LogP contribution is -2.03. The molecule has 0 atom stereocenters. The van der Waals surface area contributed by atoms with Crippen LogP contribution < -0.4 is 4.74 Å². The van der Waals surface area contributed by atoms with Crippen molar-refractivity contribution in [1.82, 2.24) is 4.98 Å². The fraction of sp³-hybridized carbons (Fsp3) is 0.100. The van der Waals surface area contributed by atoms with Crippen molar-refractivity contribution in [3.8, 4) is 11.8 Å². The molecule has 0 spiro atoms. The van der Waals surface area contributed by atoms with Gasteiger partial charge in [0.05, 0.1) is 5.56 Å². The number of Topliss-reactive ketones (excluding diaryl/α,β-unsaturated/α-hetero) is 1. The number of allylic oxidation sites excluding steroid dienone is 1. The number of halogens is 2. The number of nitrogens with zero attached hydrogens (tertiary/aromatic N) is 1. The molecular formula is C20H14F2N2O2. The molecule has 0 amide bonds. The van der Waals surface area contributed by atoms with Gasteiger partial charge in [-0.25, -0.2) is 0 Å². The highest BCUT2D eigenvalue weighted by Crippen LogP contribution is 2.25. The monoisotopic (exact) mass is 352 g/mol. The minimum Gasteiger partial charge on any atom is -0.435 e. The highest BCUT2D eigenvalue weighted by molar-refractivity contribution is 6.20. The number of aromatic amines is 1. The third-order valence-electron chi connectivity index (χ3n) is 3.90. The van der Waals surface area contributed by atoms with E-state index in [9.17, 15) is 18.8 Å². The molecule has 130 valence electrons. The van der Waals surface area contributed by atoms with Crippen molar-refractivity contribution in [3.05, 3.63) is 70.9 Å². The quantitative estimate of drug-likeness (QED) is 0.405. The number of H-pyrrole nitrogens is 1. The molecule has 0 radical (unpaired) electrons. The summed E-state index contributed by atoms with van der Waals surface area (Å²) in [4.78, 5) is 16.0. The van der Waals surface area contributed by atoms with Crippen LogP contribution in [0.1, 0.15) is 21.6 Å². The summed E-state index contributed by atoms with van der Waals surface area (Å²) in [6, 6.07) is 15.0. The molecule has 3 aromatic rings. The lowest BCUT2D eigenvalue weighted by atomic mass is 9.99. The van der Waals surface area contributed by atoms with Crippen LogP contribution in [0, 0.1) is 18.3 Å².